The predicted octanol–water partition coefficient (Wildman–Crippen LogP) is 2.78. The molecule has 0 heterocycles. The van der Waals surface area contributed by atoms with Crippen molar-refractivity contribution in [2.45, 2.75) is 51.6 Å². The number of hydrogen-bond acceptors (Lipinski definition) is 2. The molecule has 0 bridgehead atoms. The first kappa shape index (κ1) is 15.0. The Kier molecular flexibility index (Phi) is 5.12. The molecule has 0 unspecified atom stereocenters. The molecule has 2 rings (SSSR count). The highest BCUT2D eigenvalue weighted by molar-refractivity contribution is 5.94. The van der Waals surface area contributed by atoms with Crippen LogP contribution >= 0.6 is 0 Å². The summed E-state index contributed by atoms with van der Waals surface area (Å²) in [6, 6.07) is 5.33. The smallest absolute Gasteiger partial charge is 0.251 e. The molecule has 4 heteroatoms. The van der Waals surface area contributed by atoms with Gasteiger partial charge in [0.15, 0.2) is 0 Å². The fraction of sp³-hybridized carbons (Fsp3) is 0.562. The number of hydrogen-bond donors (Lipinski definition) is 2. The summed E-state index contributed by atoms with van der Waals surface area (Å²) in [6.07, 6.45) is 4.20. The van der Waals surface area contributed by atoms with E-state index in [1.54, 1.807) is 19.1 Å². The molecule has 0 aromatic heterocycles. The molecule has 0 radical (unpaired) electrons. The monoisotopic (exact) mass is 278 g/mol. The Hall–Kier alpha value is -1.42. The molecule has 1 aliphatic carbocycles. The zero-order valence-electron chi connectivity index (χ0n) is 12.2. The Labute approximate surface area is 120 Å². The predicted molar refractivity (Wildman–Crippen MR) is 78.3 cm³/mol. The van der Waals surface area contributed by atoms with E-state index >= 15 is 0 Å². The van der Waals surface area contributed by atoms with Crippen molar-refractivity contribution in [2.24, 2.45) is 0 Å². The lowest BCUT2D eigenvalue weighted by Gasteiger charge is -2.29. The van der Waals surface area contributed by atoms with E-state index in [0.29, 0.717) is 17.2 Å². The van der Waals surface area contributed by atoms with Crippen molar-refractivity contribution in [1.29, 1.82) is 0 Å². The molecule has 110 valence electrons. The minimum Gasteiger partial charge on any atom is -0.349 e. The van der Waals surface area contributed by atoms with Gasteiger partial charge < -0.3 is 10.6 Å². The van der Waals surface area contributed by atoms with Crippen LogP contribution in [0.5, 0.6) is 0 Å². The van der Waals surface area contributed by atoms with Crippen molar-refractivity contribution in [1.82, 2.24) is 10.6 Å². The summed E-state index contributed by atoms with van der Waals surface area (Å²) < 4.78 is 13.2. The molecule has 0 saturated heterocycles. The summed E-state index contributed by atoms with van der Waals surface area (Å²) in [5, 5.41) is 6.50. The SMILES string of the molecule is CCNC1CCC(NC(=O)c2ccc(F)c(C)c2)CC1. The molecule has 0 atom stereocenters. The normalized spacial score (nSPS) is 22.6. The molecule has 1 fully saturated rings. The van der Waals surface area contributed by atoms with E-state index in [2.05, 4.69) is 17.6 Å². The zero-order chi connectivity index (χ0) is 14.5. The third-order valence-corrected chi connectivity index (χ3v) is 3.98. The topological polar surface area (TPSA) is 41.1 Å². The van der Waals surface area contributed by atoms with Gasteiger partial charge in [0.1, 0.15) is 5.82 Å². The van der Waals surface area contributed by atoms with Crippen molar-refractivity contribution in [3.05, 3.63) is 35.1 Å². The summed E-state index contributed by atoms with van der Waals surface area (Å²) in [7, 11) is 0. The minimum absolute atomic E-state index is 0.0972. The molecule has 1 aliphatic rings. The first-order valence-corrected chi connectivity index (χ1v) is 7.40. The average molecular weight is 278 g/mol. The molecule has 0 aliphatic heterocycles. The Bertz CT molecular complexity index is 468. The molecule has 2 N–H and O–H groups in total. The number of halogens is 1. The fourth-order valence-electron chi connectivity index (χ4n) is 2.79. The molecular weight excluding hydrogens is 255 g/mol. The molecule has 20 heavy (non-hydrogen) atoms. The van der Waals surface area contributed by atoms with Gasteiger partial charge in [0.2, 0.25) is 0 Å². The number of carbonyl (C=O) groups excluding carboxylic acids is 1. The van der Waals surface area contributed by atoms with Crippen LogP contribution in [0.15, 0.2) is 18.2 Å². The van der Waals surface area contributed by atoms with Crippen molar-refractivity contribution in [2.75, 3.05) is 6.54 Å². The third-order valence-electron chi connectivity index (χ3n) is 3.98. The van der Waals surface area contributed by atoms with Gasteiger partial charge in [0.05, 0.1) is 0 Å². The van der Waals surface area contributed by atoms with E-state index in [0.717, 1.165) is 32.2 Å². The minimum atomic E-state index is -0.271. The molecular formula is C16H23FN2O. The van der Waals surface area contributed by atoms with Gasteiger partial charge in [-0.1, -0.05) is 6.92 Å². The van der Waals surface area contributed by atoms with Crippen LogP contribution in [0.4, 0.5) is 4.39 Å². The Morgan fingerprint density at radius 1 is 1.25 bits per heavy atom. The van der Waals surface area contributed by atoms with E-state index in [1.807, 2.05) is 0 Å². The number of carbonyl (C=O) groups is 1. The highest BCUT2D eigenvalue weighted by Gasteiger charge is 2.22. The van der Waals surface area contributed by atoms with E-state index in [-0.39, 0.29) is 17.8 Å². The maximum atomic E-state index is 13.2. The lowest BCUT2D eigenvalue weighted by molar-refractivity contribution is 0.0924. The largest absolute Gasteiger partial charge is 0.349 e. The molecule has 0 spiro atoms. The Morgan fingerprint density at radius 2 is 1.90 bits per heavy atom. The van der Waals surface area contributed by atoms with Crippen LogP contribution in [0, 0.1) is 12.7 Å². The van der Waals surface area contributed by atoms with Crippen LogP contribution in [-0.4, -0.2) is 24.5 Å². The molecule has 3 nitrogen and oxygen atoms in total. The van der Waals surface area contributed by atoms with Gasteiger partial charge in [-0.05, 0) is 62.9 Å². The first-order valence-electron chi connectivity index (χ1n) is 7.40. The molecule has 1 amide bonds. The first-order chi connectivity index (χ1) is 9.60. The average Bonchev–Trinajstić information content (AvgIpc) is 2.44. The second-order valence-electron chi connectivity index (χ2n) is 5.54. The Morgan fingerprint density at radius 3 is 2.50 bits per heavy atom. The summed E-state index contributed by atoms with van der Waals surface area (Å²) in [4.78, 5) is 12.1. The number of aryl methyl sites for hydroxylation is 1. The van der Waals surface area contributed by atoms with Gasteiger partial charge >= 0.3 is 0 Å². The van der Waals surface area contributed by atoms with E-state index in [1.165, 1.54) is 6.07 Å². The van der Waals surface area contributed by atoms with Crippen molar-refractivity contribution in [3.8, 4) is 0 Å². The van der Waals surface area contributed by atoms with Gasteiger partial charge in [0, 0.05) is 17.6 Å². The van der Waals surface area contributed by atoms with Crippen LogP contribution in [0.3, 0.4) is 0 Å². The highest BCUT2D eigenvalue weighted by atomic mass is 19.1. The molecule has 1 saturated carbocycles. The van der Waals surface area contributed by atoms with Gasteiger partial charge in [-0.3, -0.25) is 4.79 Å². The molecule has 1 aromatic carbocycles. The second kappa shape index (κ2) is 6.84. The van der Waals surface area contributed by atoms with Crippen molar-refractivity contribution < 1.29 is 9.18 Å². The summed E-state index contributed by atoms with van der Waals surface area (Å²) in [5.41, 5.74) is 1.05. The van der Waals surface area contributed by atoms with Gasteiger partial charge in [-0.2, -0.15) is 0 Å². The maximum absolute atomic E-state index is 13.2. The standard InChI is InChI=1S/C16H23FN2O/c1-3-18-13-5-7-14(8-6-13)19-16(20)12-4-9-15(17)11(2)10-12/h4,9-10,13-14,18H,3,5-8H2,1-2H3,(H,19,20). The van der Waals surface area contributed by atoms with Crippen LogP contribution < -0.4 is 10.6 Å². The lowest BCUT2D eigenvalue weighted by atomic mass is 9.91. The fourth-order valence-corrected chi connectivity index (χ4v) is 2.79. The van der Waals surface area contributed by atoms with Crippen LogP contribution in [0.2, 0.25) is 0 Å². The van der Waals surface area contributed by atoms with Crippen molar-refractivity contribution >= 4 is 5.91 Å². The quantitative estimate of drug-likeness (QED) is 0.889. The number of benzene rings is 1. The van der Waals surface area contributed by atoms with E-state index < -0.39 is 0 Å². The molecule has 1 aromatic rings. The van der Waals surface area contributed by atoms with Gasteiger partial charge in [0.25, 0.3) is 5.91 Å². The van der Waals surface area contributed by atoms with E-state index in [4.69, 9.17) is 0 Å². The number of nitrogens with one attached hydrogen (secondary N) is 2. The summed E-state index contributed by atoms with van der Waals surface area (Å²) in [5.74, 6) is -0.368. The number of amides is 1. The van der Waals surface area contributed by atoms with Crippen LogP contribution in [-0.2, 0) is 0 Å². The van der Waals surface area contributed by atoms with Gasteiger partial charge in [-0.25, -0.2) is 4.39 Å². The maximum Gasteiger partial charge on any atom is 0.251 e. The van der Waals surface area contributed by atoms with Crippen molar-refractivity contribution in [3.63, 3.8) is 0 Å². The van der Waals surface area contributed by atoms with E-state index in [9.17, 15) is 9.18 Å². The summed E-state index contributed by atoms with van der Waals surface area (Å²) in [6.45, 7) is 4.79. The highest BCUT2D eigenvalue weighted by Crippen LogP contribution is 2.19. The Balaban J connectivity index is 1.87. The van der Waals surface area contributed by atoms with Crippen LogP contribution in [0.1, 0.15) is 48.5 Å². The van der Waals surface area contributed by atoms with Crippen LogP contribution in [0.25, 0.3) is 0 Å². The van der Waals surface area contributed by atoms with Gasteiger partial charge in [-0.15, -0.1) is 0 Å². The zero-order valence-corrected chi connectivity index (χ0v) is 12.2. The summed E-state index contributed by atoms with van der Waals surface area (Å²) >= 11 is 0. The number of rotatable bonds is 4. The second-order valence-corrected chi connectivity index (χ2v) is 5.54. The third kappa shape index (κ3) is 3.79. The lowest BCUT2D eigenvalue weighted by Crippen LogP contribution is -2.42.